The van der Waals surface area contributed by atoms with E-state index in [2.05, 4.69) is 10.4 Å². The minimum Gasteiger partial charge on any atom is -0.317 e. The summed E-state index contributed by atoms with van der Waals surface area (Å²) in [5.74, 6) is 1.41. The smallest absolute Gasteiger partial charge is 0.317 e. The Morgan fingerprint density at radius 3 is 2.59 bits per heavy atom. The molecular formula is C12H22N4O. The third kappa shape index (κ3) is 2.29. The normalized spacial score (nSPS) is 17.9. The van der Waals surface area contributed by atoms with E-state index in [4.69, 9.17) is 0 Å². The molecule has 1 fully saturated rings. The van der Waals surface area contributed by atoms with E-state index in [9.17, 15) is 4.79 Å². The summed E-state index contributed by atoms with van der Waals surface area (Å²) in [6.07, 6.45) is 2.15. The van der Waals surface area contributed by atoms with E-state index in [1.54, 1.807) is 4.68 Å². The lowest BCUT2D eigenvalue weighted by atomic mass is 9.97. The highest BCUT2D eigenvalue weighted by atomic mass is 16.2. The molecule has 5 heteroatoms. The Bertz CT molecular complexity index is 426. The van der Waals surface area contributed by atoms with Crippen LogP contribution in [0, 0.1) is 0 Å². The highest BCUT2D eigenvalue weighted by Crippen LogP contribution is 2.24. The summed E-state index contributed by atoms with van der Waals surface area (Å²) in [6, 6.07) is 0.188. The Hall–Kier alpha value is -1.10. The van der Waals surface area contributed by atoms with E-state index in [0.717, 1.165) is 31.8 Å². The molecule has 5 nitrogen and oxygen atoms in total. The zero-order chi connectivity index (χ0) is 12.4. The second-order valence-corrected chi connectivity index (χ2v) is 4.94. The van der Waals surface area contributed by atoms with Gasteiger partial charge in [-0.1, -0.05) is 0 Å². The van der Waals surface area contributed by atoms with Gasteiger partial charge in [-0.05, 0) is 46.7 Å². The van der Waals surface area contributed by atoms with Crippen LogP contribution >= 0.6 is 0 Å². The molecule has 0 saturated carbocycles. The molecule has 1 aromatic heterocycles. The molecule has 2 rings (SSSR count). The summed E-state index contributed by atoms with van der Waals surface area (Å²) >= 11 is 0. The molecule has 96 valence electrons. The predicted octanol–water partition coefficient (Wildman–Crippen LogP) is 1.11. The Labute approximate surface area is 102 Å². The molecule has 0 bridgehead atoms. The first-order chi connectivity index (χ1) is 8.15. The van der Waals surface area contributed by atoms with Gasteiger partial charge in [0.1, 0.15) is 5.82 Å². The quantitative estimate of drug-likeness (QED) is 0.858. The molecule has 1 saturated heterocycles. The van der Waals surface area contributed by atoms with Crippen molar-refractivity contribution in [2.45, 2.75) is 52.1 Å². The lowest BCUT2D eigenvalue weighted by molar-refractivity contribution is 0.417. The van der Waals surface area contributed by atoms with Gasteiger partial charge in [0.15, 0.2) is 0 Å². The minimum atomic E-state index is 0.0380. The summed E-state index contributed by atoms with van der Waals surface area (Å²) in [7, 11) is 0. The predicted molar refractivity (Wildman–Crippen MR) is 67.4 cm³/mol. The van der Waals surface area contributed by atoms with Gasteiger partial charge in [-0.2, -0.15) is 5.10 Å². The second-order valence-electron chi connectivity index (χ2n) is 4.94. The molecule has 0 atom stereocenters. The number of aromatic nitrogens is 3. The molecule has 2 heterocycles. The van der Waals surface area contributed by atoms with Crippen molar-refractivity contribution in [2.24, 2.45) is 0 Å². The average Bonchev–Trinajstić information content (AvgIpc) is 2.67. The van der Waals surface area contributed by atoms with Gasteiger partial charge < -0.3 is 5.32 Å². The monoisotopic (exact) mass is 238 g/mol. The molecule has 1 aliphatic rings. The highest BCUT2D eigenvalue weighted by Gasteiger charge is 2.24. The average molecular weight is 238 g/mol. The van der Waals surface area contributed by atoms with Gasteiger partial charge in [-0.15, -0.1) is 0 Å². The SMILES string of the molecule is CCn1nc(C2CCNCC2)n(C(C)C)c1=O. The second kappa shape index (κ2) is 5.04. The molecule has 0 amide bonds. The Morgan fingerprint density at radius 2 is 2.06 bits per heavy atom. The number of piperidine rings is 1. The van der Waals surface area contributed by atoms with Crippen LogP contribution in [0.25, 0.3) is 0 Å². The van der Waals surface area contributed by atoms with E-state index >= 15 is 0 Å². The van der Waals surface area contributed by atoms with Gasteiger partial charge in [-0.3, -0.25) is 4.57 Å². The van der Waals surface area contributed by atoms with E-state index in [0.29, 0.717) is 12.5 Å². The third-order valence-electron chi connectivity index (χ3n) is 3.42. The number of hydrogen-bond acceptors (Lipinski definition) is 3. The van der Waals surface area contributed by atoms with Gasteiger partial charge in [-0.25, -0.2) is 9.48 Å². The van der Waals surface area contributed by atoms with Gasteiger partial charge in [0.05, 0.1) is 0 Å². The first kappa shape index (κ1) is 12.4. The first-order valence-electron chi connectivity index (χ1n) is 6.55. The molecule has 1 aliphatic heterocycles. The van der Waals surface area contributed by atoms with Crippen molar-refractivity contribution < 1.29 is 0 Å². The summed E-state index contributed by atoms with van der Waals surface area (Å²) < 4.78 is 3.44. The van der Waals surface area contributed by atoms with Gasteiger partial charge in [0.2, 0.25) is 0 Å². The maximum atomic E-state index is 12.2. The van der Waals surface area contributed by atoms with Gasteiger partial charge in [0.25, 0.3) is 0 Å². The maximum absolute atomic E-state index is 12.2. The zero-order valence-electron chi connectivity index (χ0n) is 10.9. The summed E-state index contributed by atoms with van der Waals surface area (Å²) in [5, 5.41) is 7.86. The van der Waals surface area contributed by atoms with Gasteiger partial charge >= 0.3 is 5.69 Å². The van der Waals surface area contributed by atoms with Crippen molar-refractivity contribution in [3.05, 3.63) is 16.3 Å². The van der Waals surface area contributed by atoms with Crippen molar-refractivity contribution in [3.63, 3.8) is 0 Å². The van der Waals surface area contributed by atoms with Crippen molar-refractivity contribution in [1.29, 1.82) is 0 Å². The minimum absolute atomic E-state index is 0.0380. The molecular weight excluding hydrogens is 216 g/mol. The maximum Gasteiger partial charge on any atom is 0.346 e. The van der Waals surface area contributed by atoms with Crippen LogP contribution in [0.3, 0.4) is 0 Å². The lowest BCUT2D eigenvalue weighted by Crippen LogP contribution is -2.30. The van der Waals surface area contributed by atoms with Crippen molar-refractivity contribution in [2.75, 3.05) is 13.1 Å². The highest BCUT2D eigenvalue weighted by molar-refractivity contribution is 5.01. The van der Waals surface area contributed by atoms with Crippen LogP contribution in [-0.2, 0) is 6.54 Å². The van der Waals surface area contributed by atoms with Crippen LogP contribution in [0.15, 0.2) is 4.79 Å². The van der Waals surface area contributed by atoms with Crippen molar-refractivity contribution >= 4 is 0 Å². The fourth-order valence-corrected chi connectivity index (χ4v) is 2.49. The van der Waals surface area contributed by atoms with Crippen LogP contribution < -0.4 is 11.0 Å². The standard InChI is InChI=1S/C12H22N4O/c1-4-15-12(17)16(9(2)3)11(14-15)10-5-7-13-8-6-10/h9-10,13H,4-8H2,1-3H3. The van der Waals surface area contributed by atoms with E-state index < -0.39 is 0 Å². The number of nitrogens with one attached hydrogen (secondary N) is 1. The molecule has 0 aliphatic carbocycles. The number of aryl methyl sites for hydroxylation is 1. The van der Waals surface area contributed by atoms with E-state index in [1.165, 1.54) is 0 Å². The van der Waals surface area contributed by atoms with Crippen LogP contribution in [0.2, 0.25) is 0 Å². The zero-order valence-corrected chi connectivity index (χ0v) is 10.9. The molecule has 17 heavy (non-hydrogen) atoms. The van der Waals surface area contributed by atoms with Crippen molar-refractivity contribution in [3.8, 4) is 0 Å². The molecule has 0 aromatic carbocycles. The largest absolute Gasteiger partial charge is 0.346 e. The van der Waals surface area contributed by atoms with E-state index in [-0.39, 0.29) is 11.7 Å². The molecule has 1 N–H and O–H groups in total. The van der Waals surface area contributed by atoms with Crippen LogP contribution in [0.1, 0.15) is 51.4 Å². The lowest BCUT2D eigenvalue weighted by Gasteiger charge is -2.23. The fraction of sp³-hybridized carbons (Fsp3) is 0.833. The van der Waals surface area contributed by atoms with Crippen molar-refractivity contribution in [1.82, 2.24) is 19.7 Å². The Balaban J connectivity index is 2.40. The Morgan fingerprint density at radius 1 is 1.41 bits per heavy atom. The number of hydrogen-bond donors (Lipinski definition) is 1. The Kier molecular flexibility index (Phi) is 3.66. The van der Waals surface area contributed by atoms with Gasteiger partial charge in [0, 0.05) is 18.5 Å². The molecule has 1 aromatic rings. The summed E-state index contributed by atoms with van der Waals surface area (Å²) in [5.41, 5.74) is 0.0380. The molecule has 0 unspecified atom stereocenters. The third-order valence-corrected chi connectivity index (χ3v) is 3.42. The molecule has 0 radical (unpaired) electrons. The van der Waals surface area contributed by atoms with Crippen LogP contribution in [-0.4, -0.2) is 27.4 Å². The number of rotatable bonds is 3. The van der Waals surface area contributed by atoms with Crippen LogP contribution in [0.4, 0.5) is 0 Å². The number of nitrogens with zero attached hydrogens (tertiary/aromatic N) is 3. The topological polar surface area (TPSA) is 51.9 Å². The summed E-state index contributed by atoms with van der Waals surface area (Å²) in [6.45, 7) is 8.76. The van der Waals surface area contributed by atoms with E-state index in [1.807, 2.05) is 25.3 Å². The fourth-order valence-electron chi connectivity index (χ4n) is 2.49. The summed E-state index contributed by atoms with van der Waals surface area (Å²) in [4.78, 5) is 12.2. The van der Waals surface area contributed by atoms with Crippen LogP contribution in [0.5, 0.6) is 0 Å². The molecule has 0 spiro atoms. The first-order valence-corrected chi connectivity index (χ1v) is 6.55.